The van der Waals surface area contributed by atoms with Crippen LogP contribution >= 0.6 is 0 Å². The Balaban J connectivity index is 2.05. The molecule has 0 bridgehead atoms. The van der Waals surface area contributed by atoms with Gasteiger partial charge in [-0.1, -0.05) is 53.7 Å². The highest BCUT2D eigenvalue weighted by atomic mass is 16.4. The largest absolute Gasteiger partial charge is 0.507 e. The lowest BCUT2D eigenvalue weighted by molar-refractivity contribution is 0.319. The van der Waals surface area contributed by atoms with E-state index in [0.29, 0.717) is 12.0 Å². The second kappa shape index (κ2) is 7.11. The summed E-state index contributed by atoms with van der Waals surface area (Å²) in [6.45, 7) is 0. The SMILES string of the molecule is O=c1c(/C(=N/O)c2ccccc2)c(O)c2c(n1-c1ccccc1)CCCC2. The van der Waals surface area contributed by atoms with Gasteiger partial charge in [-0.3, -0.25) is 9.36 Å². The smallest absolute Gasteiger partial charge is 0.268 e. The van der Waals surface area contributed by atoms with Gasteiger partial charge in [-0.25, -0.2) is 0 Å². The van der Waals surface area contributed by atoms with Gasteiger partial charge in [0.15, 0.2) is 0 Å². The fourth-order valence-corrected chi connectivity index (χ4v) is 3.79. The summed E-state index contributed by atoms with van der Waals surface area (Å²) in [6.07, 6.45) is 3.33. The van der Waals surface area contributed by atoms with Crippen LogP contribution in [0.4, 0.5) is 0 Å². The fourth-order valence-electron chi connectivity index (χ4n) is 3.79. The molecule has 0 radical (unpaired) electrons. The Morgan fingerprint density at radius 2 is 1.56 bits per heavy atom. The van der Waals surface area contributed by atoms with Crippen molar-refractivity contribution in [3.05, 3.63) is 93.4 Å². The molecule has 3 aromatic rings. The summed E-state index contributed by atoms with van der Waals surface area (Å²) in [4.78, 5) is 13.4. The van der Waals surface area contributed by atoms with Crippen molar-refractivity contribution in [1.82, 2.24) is 4.57 Å². The van der Waals surface area contributed by atoms with Gasteiger partial charge in [0.1, 0.15) is 17.0 Å². The van der Waals surface area contributed by atoms with Gasteiger partial charge in [-0.2, -0.15) is 0 Å². The van der Waals surface area contributed by atoms with Gasteiger partial charge in [-0.15, -0.1) is 0 Å². The molecule has 0 aliphatic heterocycles. The molecule has 1 aliphatic carbocycles. The monoisotopic (exact) mass is 360 g/mol. The second-order valence-electron chi connectivity index (χ2n) is 6.65. The van der Waals surface area contributed by atoms with Crippen LogP contribution in [0.25, 0.3) is 5.69 Å². The Morgan fingerprint density at radius 1 is 0.926 bits per heavy atom. The van der Waals surface area contributed by atoms with Crippen molar-refractivity contribution < 1.29 is 10.3 Å². The van der Waals surface area contributed by atoms with E-state index in [2.05, 4.69) is 5.16 Å². The average Bonchev–Trinajstić information content (AvgIpc) is 2.73. The molecule has 1 aliphatic rings. The zero-order valence-corrected chi connectivity index (χ0v) is 14.8. The predicted molar refractivity (Wildman–Crippen MR) is 104 cm³/mol. The first kappa shape index (κ1) is 17.1. The number of hydrogen-bond donors (Lipinski definition) is 2. The van der Waals surface area contributed by atoms with E-state index < -0.39 is 0 Å². The molecule has 1 aromatic heterocycles. The Kier molecular flexibility index (Phi) is 4.50. The lowest BCUT2D eigenvalue weighted by Gasteiger charge is -2.24. The average molecular weight is 360 g/mol. The molecule has 2 aromatic carbocycles. The van der Waals surface area contributed by atoms with E-state index in [-0.39, 0.29) is 22.6 Å². The standard InChI is InChI=1S/C22H20N2O3/c25-21-17-13-7-8-14-18(17)24(16-11-5-2-6-12-16)22(26)19(21)20(23-27)15-9-3-1-4-10-15/h1-6,9-12,25,27H,7-8,13-14H2/b23-20+. The lowest BCUT2D eigenvalue weighted by Crippen LogP contribution is -2.31. The highest BCUT2D eigenvalue weighted by molar-refractivity contribution is 6.14. The number of hydrogen-bond acceptors (Lipinski definition) is 4. The minimum Gasteiger partial charge on any atom is -0.507 e. The first-order chi connectivity index (χ1) is 13.2. The van der Waals surface area contributed by atoms with E-state index in [1.807, 2.05) is 36.4 Å². The maximum atomic E-state index is 13.4. The molecule has 0 saturated carbocycles. The molecule has 27 heavy (non-hydrogen) atoms. The topological polar surface area (TPSA) is 74.8 Å². The number of para-hydroxylation sites is 1. The number of pyridine rings is 1. The second-order valence-corrected chi connectivity index (χ2v) is 6.65. The van der Waals surface area contributed by atoms with E-state index in [0.717, 1.165) is 36.2 Å². The van der Waals surface area contributed by atoms with Gasteiger partial charge in [0.2, 0.25) is 0 Å². The molecule has 5 nitrogen and oxygen atoms in total. The van der Waals surface area contributed by atoms with Crippen molar-refractivity contribution in [2.45, 2.75) is 25.7 Å². The quantitative estimate of drug-likeness (QED) is 0.425. The van der Waals surface area contributed by atoms with Gasteiger partial charge in [0, 0.05) is 22.5 Å². The van der Waals surface area contributed by atoms with Crippen molar-refractivity contribution in [1.29, 1.82) is 0 Å². The van der Waals surface area contributed by atoms with Crippen LogP contribution in [0, 0.1) is 0 Å². The highest BCUT2D eigenvalue weighted by Gasteiger charge is 2.27. The zero-order valence-electron chi connectivity index (χ0n) is 14.8. The Morgan fingerprint density at radius 3 is 2.22 bits per heavy atom. The number of rotatable bonds is 3. The molecule has 4 rings (SSSR count). The zero-order chi connectivity index (χ0) is 18.8. The van der Waals surface area contributed by atoms with Crippen LogP contribution in [0.5, 0.6) is 5.75 Å². The Bertz CT molecular complexity index is 1050. The summed E-state index contributed by atoms with van der Waals surface area (Å²) in [5.74, 6) is -0.0708. The molecule has 0 spiro atoms. The Labute approximate surface area is 156 Å². The number of fused-ring (bicyclic) bond motifs is 1. The number of nitrogens with zero attached hydrogens (tertiary/aromatic N) is 2. The fraction of sp³-hybridized carbons (Fsp3) is 0.182. The third-order valence-electron chi connectivity index (χ3n) is 5.05. The van der Waals surface area contributed by atoms with E-state index in [1.165, 1.54) is 0 Å². The van der Waals surface area contributed by atoms with E-state index in [1.54, 1.807) is 28.8 Å². The van der Waals surface area contributed by atoms with Gasteiger partial charge in [-0.05, 0) is 37.8 Å². The molecule has 1 heterocycles. The Hall–Kier alpha value is -3.34. The predicted octanol–water partition coefficient (Wildman–Crippen LogP) is 3.65. The number of benzene rings is 2. The minimum absolute atomic E-state index is 0.0354. The van der Waals surface area contributed by atoms with Crippen molar-refractivity contribution in [3.63, 3.8) is 0 Å². The van der Waals surface area contributed by atoms with Gasteiger partial charge in [0.05, 0.1) is 0 Å². The van der Waals surface area contributed by atoms with Gasteiger partial charge >= 0.3 is 0 Å². The molecule has 0 atom stereocenters. The van der Waals surface area contributed by atoms with E-state index >= 15 is 0 Å². The van der Waals surface area contributed by atoms with Crippen LogP contribution in [0.2, 0.25) is 0 Å². The van der Waals surface area contributed by atoms with Crippen LogP contribution in [0.3, 0.4) is 0 Å². The van der Waals surface area contributed by atoms with Crippen molar-refractivity contribution in [2.24, 2.45) is 5.16 Å². The summed E-state index contributed by atoms with van der Waals surface area (Å²) < 4.78 is 1.65. The molecular formula is C22H20N2O3. The summed E-state index contributed by atoms with van der Waals surface area (Å²) in [7, 11) is 0. The first-order valence-corrected chi connectivity index (χ1v) is 9.05. The summed E-state index contributed by atoms with van der Waals surface area (Å²) >= 11 is 0. The van der Waals surface area contributed by atoms with E-state index in [4.69, 9.17) is 0 Å². The van der Waals surface area contributed by atoms with Crippen LogP contribution in [0.15, 0.2) is 70.6 Å². The third-order valence-corrected chi connectivity index (χ3v) is 5.05. The molecule has 0 fully saturated rings. The van der Waals surface area contributed by atoms with Crippen LogP contribution in [-0.4, -0.2) is 20.6 Å². The van der Waals surface area contributed by atoms with Crippen LogP contribution in [0.1, 0.15) is 35.2 Å². The van der Waals surface area contributed by atoms with Crippen LogP contribution < -0.4 is 5.56 Å². The number of oxime groups is 1. The number of aromatic hydroxyl groups is 1. The summed E-state index contributed by atoms with van der Waals surface area (Å²) in [6, 6.07) is 18.3. The van der Waals surface area contributed by atoms with Crippen LogP contribution in [-0.2, 0) is 12.8 Å². The van der Waals surface area contributed by atoms with Gasteiger partial charge in [0.25, 0.3) is 5.56 Å². The third kappa shape index (κ3) is 2.91. The molecule has 0 amide bonds. The van der Waals surface area contributed by atoms with Crippen molar-refractivity contribution in [2.75, 3.05) is 0 Å². The first-order valence-electron chi connectivity index (χ1n) is 9.05. The van der Waals surface area contributed by atoms with E-state index in [9.17, 15) is 15.1 Å². The van der Waals surface area contributed by atoms with Crippen molar-refractivity contribution in [3.8, 4) is 11.4 Å². The molecule has 0 unspecified atom stereocenters. The molecule has 0 saturated heterocycles. The number of aromatic nitrogens is 1. The van der Waals surface area contributed by atoms with Crippen molar-refractivity contribution >= 4 is 5.71 Å². The lowest BCUT2D eigenvalue weighted by atomic mass is 9.91. The maximum Gasteiger partial charge on any atom is 0.268 e. The molecule has 2 N–H and O–H groups in total. The molecule has 5 heteroatoms. The highest BCUT2D eigenvalue weighted by Crippen LogP contribution is 2.32. The normalized spacial score (nSPS) is 14.0. The summed E-state index contributed by atoms with van der Waals surface area (Å²) in [5, 5.41) is 24.0. The molecular weight excluding hydrogens is 340 g/mol. The molecule has 136 valence electrons. The summed E-state index contributed by atoms with van der Waals surface area (Å²) in [5.41, 5.74) is 2.65. The maximum absolute atomic E-state index is 13.4. The minimum atomic E-state index is -0.379. The van der Waals surface area contributed by atoms with Gasteiger partial charge < -0.3 is 10.3 Å².